The molecule has 0 aliphatic heterocycles. The number of hydrogen-bond donors (Lipinski definition) is 3. The molecule has 0 unspecified atom stereocenters. The number of rotatable bonds is 3. The van der Waals surface area contributed by atoms with Gasteiger partial charge in [-0.05, 0) is 11.5 Å². The number of nitrogens with two attached hydrogens (primary N) is 1. The first kappa shape index (κ1) is 9.59. The third-order valence-corrected chi connectivity index (χ3v) is 2.44. The number of H-pyrrole nitrogens is 1. The van der Waals surface area contributed by atoms with Crippen LogP contribution in [-0.4, -0.2) is 25.7 Å². The van der Waals surface area contributed by atoms with Crippen molar-refractivity contribution in [1.29, 1.82) is 0 Å². The topological polar surface area (TPSA) is 110 Å². The van der Waals surface area contributed by atoms with Crippen molar-refractivity contribution in [3.05, 3.63) is 22.8 Å². The summed E-state index contributed by atoms with van der Waals surface area (Å²) in [7, 11) is 0. The fourth-order valence-corrected chi connectivity index (χ4v) is 1.42. The summed E-state index contributed by atoms with van der Waals surface area (Å²) in [6, 6.07) is 0. The van der Waals surface area contributed by atoms with Crippen molar-refractivity contribution < 1.29 is 4.79 Å². The number of amides is 1. The molecule has 2 aromatic heterocycles. The van der Waals surface area contributed by atoms with E-state index in [1.165, 1.54) is 6.20 Å². The molecule has 2 rings (SSSR count). The average molecular weight is 224 g/mol. The van der Waals surface area contributed by atoms with E-state index in [1.807, 2.05) is 0 Å². The van der Waals surface area contributed by atoms with Crippen LogP contribution in [0.1, 0.15) is 15.2 Å². The van der Waals surface area contributed by atoms with E-state index in [2.05, 4.69) is 25.1 Å². The van der Waals surface area contributed by atoms with Gasteiger partial charge in [0.15, 0.2) is 0 Å². The molecule has 4 N–H and O–H groups in total. The largest absolute Gasteiger partial charge is 0.384 e. The molecule has 1 amide bonds. The summed E-state index contributed by atoms with van der Waals surface area (Å²) < 4.78 is 3.59. The molecule has 0 saturated heterocycles. The summed E-state index contributed by atoms with van der Waals surface area (Å²) in [6.07, 6.45) is 2.99. The van der Waals surface area contributed by atoms with Crippen LogP contribution in [0.25, 0.3) is 0 Å². The predicted molar refractivity (Wildman–Crippen MR) is 54.1 cm³/mol. The molecule has 0 fully saturated rings. The Bertz CT molecular complexity index is 450. The maximum atomic E-state index is 11.5. The minimum atomic E-state index is -0.217. The van der Waals surface area contributed by atoms with Gasteiger partial charge in [0.2, 0.25) is 0 Å². The molecule has 78 valence electrons. The number of hydrogen-bond acceptors (Lipinski definition) is 6. The molecule has 0 atom stereocenters. The third kappa shape index (κ3) is 2.10. The van der Waals surface area contributed by atoms with Crippen LogP contribution in [0.3, 0.4) is 0 Å². The standard InChI is InChI=1S/C7H8N6OS/c8-6-4(2-10-12-6)1-9-7(14)5-3-11-13-15-5/h2-3H,1H2,(H,9,14)(H3,8,10,12). The second-order valence-electron chi connectivity index (χ2n) is 2.77. The lowest BCUT2D eigenvalue weighted by atomic mass is 10.3. The number of carbonyl (C=O) groups is 1. The summed E-state index contributed by atoms with van der Waals surface area (Å²) in [5.41, 5.74) is 6.30. The van der Waals surface area contributed by atoms with Crippen LogP contribution < -0.4 is 11.1 Å². The molecular formula is C7H8N6OS. The highest BCUT2D eigenvalue weighted by Gasteiger charge is 2.09. The molecule has 7 nitrogen and oxygen atoms in total. The quantitative estimate of drug-likeness (QED) is 0.667. The van der Waals surface area contributed by atoms with E-state index in [9.17, 15) is 4.79 Å². The van der Waals surface area contributed by atoms with Crippen molar-refractivity contribution >= 4 is 23.3 Å². The smallest absolute Gasteiger partial charge is 0.264 e. The Labute approximate surface area is 88.9 Å². The van der Waals surface area contributed by atoms with Gasteiger partial charge in [-0.25, -0.2) is 0 Å². The lowest BCUT2D eigenvalue weighted by molar-refractivity contribution is 0.0955. The fourth-order valence-electron chi connectivity index (χ4n) is 0.992. The van der Waals surface area contributed by atoms with Crippen LogP contribution in [0.5, 0.6) is 0 Å². The van der Waals surface area contributed by atoms with Crippen molar-refractivity contribution in [2.45, 2.75) is 6.54 Å². The van der Waals surface area contributed by atoms with E-state index in [1.54, 1.807) is 6.20 Å². The Balaban J connectivity index is 1.95. The second kappa shape index (κ2) is 4.05. The van der Waals surface area contributed by atoms with Gasteiger partial charge >= 0.3 is 0 Å². The average Bonchev–Trinajstić information content (AvgIpc) is 2.85. The minimum absolute atomic E-state index is 0.217. The normalized spacial score (nSPS) is 10.1. The van der Waals surface area contributed by atoms with Gasteiger partial charge in [-0.3, -0.25) is 9.89 Å². The van der Waals surface area contributed by atoms with E-state index < -0.39 is 0 Å². The Hall–Kier alpha value is -1.96. The monoisotopic (exact) mass is 224 g/mol. The Kier molecular flexibility index (Phi) is 2.59. The van der Waals surface area contributed by atoms with Crippen molar-refractivity contribution in [2.75, 3.05) is 5.73 Å². The van der Waals surface area contributed by atoms with Gasteiger partial charge in [0.1, 0.15) is 10.7 Å². The van der Waals surface area contributed by atoms with Gasteiger partial charge in [-0.15, -0.1) is 5.10 Å². The molecule has 0 aromatic carbocycles. The van der Waals surface area contributed by atoms with Gasteiger partial charge < -0.3 is 11.1 Å². The maximum Gasteiger partial charge on any atom is 0.264 e. The summed E-state index contributed by atoms with van der Waals surface area (Å²) in [5.74, 6) is 0.239. The molecule has 15 heavy (non-hydrogen) atoms. The molecule has 0 radical (unpaired) electrons. The van der Waals surface area contributed by atoms with E-state index in [4.69, 9.17) is 5.73 Å². The molecule has 0 aliphatic carbocycles. The summed E-state index contributed by atoms with van der Waals surface area (Å²) in [5, 5.41) is 12.6. The highest BCUT2D eigenvalue weighted by molar-refractivity contribution is 7.07. The van der Waals surface area contributed by atoms with Gasteiger partial charge in [0.25, 0.3) is 5.91 Å². The molecule has 0 saturated carbocycles. The van der Waals surface area contributed by atoms with Gasteiger partial charge in [-0.2, -0.15) is 5.10 Å². The zero-order valence-corrected chi connectivity index (χ0v) is 8.41. The van der Waals surface area contributed by atoms with Gasteiger partial charge in [-0.1, -0.05) is 4.49 Å². The number of aromatic nitrogens is 4. The lowest BCUT2D eigenvalue weighted by Gasteiger charge is -2.00. The first-order valence-corrected chi connectivity index (χ1v) is 4.88. The van der Waals surface area contributed by atoms with Crippen LogP contribution in [0.2, 0.25) is 0 Å². The summed E-state index contributed by atoms with van der Waals surface area (Å²) in [4.78, 5) is 11.9. The van der Waals surface area contributed by atoms with Crippen molar-refractivity contribution in [2.24, 2.45) is 0 Å². The zero-order chi connectivity index (χ0) is 10.7. The Morgan fingerprint density at radius 2 is 2.47 bits per heavy atom. The van der Waals surface area contributed by atoms with Crippen molar-refractivity contribution in [1.82, 2.24) is 25.1 Å². The maximum absolute atomic E-state index is 11.5. The van der Waals surface area contributed by atoms with Crippen molar-refractivity contribution in [3.63, 3.8) is 0 Å². The van der Waals surface area contributed by atoms with E-state index in [-0.39, 0.29) is 5.91 Å². The number of aromatic amines is 1. The highest BCUT2D eigenvalue weighted by atomic mass is 32.1. The number of nitrogens with one attached hydrogen (secondary N) is 2. The number of carbonyl (C=O) groups excluding carboxylic acids is 1. The zero-order valence-electron chi connectivity index (χ0n) is 7.60. The van der Waals surface area contributed by atoms with Crippen LogP contribution in [0.4, 0.5) is 5.82 Å². The highest BCUT2D eigenvalue weighted by Crippen LogP contribution is 2.06. The van der Waals surface area contributed by atoms with Crippen molar-refractivity contribution in [3.8, 4) is 0 Å². The lowest BCUT2D eigenvalue weighted by Crippen LogP contribution is -2.22. The van der Waals surface area contributed by atoms with E-state index >= 15 is 0 Å². The molecule has 0 spiro atoms. The Morgan fingerprint density at radius 1 is 1.60 bits per heavy atom. The molecule has 8 heteroatoms. The fraction of sp³-hybridized carbons (Fsp3) is 0.143. The molecule has 0 bridgehead atoms. The summed E-state index contributed by atoms with van der Waals surface area (Å²) >= 11 is 1.04. The molecular weight excluding hydrogens is 216 g/mol. The van der Waals surface area contributed by atoms with Gasteiger partial charge in [0.05, 0.1) is 12.4 Å². The number of nitrogen functional groups attached to an aromatic ring is 1. The number of nitrogens with zero attached hydrogens (tertiary/aromatic N) is 3. The van der Waals surface area contributed by atoms with E-state index in [0.717, 1.165) is 17.1 Å². The minimum Gasteiger partial charge on any atom is -0.384 e. The van der Waals surface area contributed by atoms with Crippen LogP contribution in [0, 0.1) is 0 Å². The number of anilines is 1. The van der Waals surface area contributed by atoms with Crippen LogP contribution >= 0.6 is 11.5 Å². The first-order chi connectivity index (χ1) is 7.27. The van der Waals surface area contributed by atoms with Crippen LogP contribution in [0.15, 0.2) is 12.4 Å². The van der Waals surface area contributed by atoms with E-state index in [0.29, 0.717) is 17.2 Å². The predicted octanol–water partition coefficient (Wildman–Crippen LogP) is -0.227. The molecule has 2 heterocycles. The Morgan fingerprint density at radius 3 is 3.07 bits per heavy atom. The van der Waals surface area contributed by atoms with Crippen LogP contribution in [-0.2, 0) is 6.54 Å². The first-order valence-electron chi connectivity index (χ1n) is 4.10. The summed E-state index contributed by atoms with van der Waals surface area (Å²) in [6.45, 7) is 0.332. The van der Waals surface area contributed by atoms with Gasteiger partial charge in [0, 0.05) is 12.1 Å². The molecule has 0 aliphatic rings. The SMILES string of the molecule is Nc1[nH]ncc1CNC(=O)c1cnns1. The second-order valence-corrected chi connectivity index (χ2v) is 3.56. The third-order valence-electron chi connectivity index (χ3n) is 1.78. The molecule has 2 aromatic rings.